The molecule has 0 spiro atoms. The Labute approximate surface area is 113 Å². The van der Waals surface area contributed by atoms with E-state index in [1.54, 1.807) is 0 Å². The van der Waals surface area contributed by atoms with Crippen molar-refractivity contribution in [3.05, 3.63) is 6.07 Å². The van der Waals surface area contributed by atoms with E-state index < -0.39 is 0 Å². The summed E-state index contributed by atoms with van der Waals surface area (Å²) in [5.74, 6) is 1.48. The van der Waals surface area contributed by atoms with Gasteiger partial charge in [0.2, 0.25) is 0 Å². The van der Waals surface area contributed by atoms with Crippen molar-refractivity contribution in [3.63, 3.8) is 0 Å². The fourth-order valence-corrected chi connectivity index (χ4v) is 2.50. The minimum Gasteiger partial charge on any atom is -0.383 e. The summed E-state index contributed by atoms with van der Waals surface area (Å²) >= 11 is 1.52. The monoisotopic (exact) mass is 267 g/mol. The molecule has 0 bridgehead atoms. The van der Waals surface area contributed by atoms with Crippen molar-refractivity contribution in [2.24, 2.45) is 0 Å². The van der Waals surface area contributed by atoms with Gasteiger partial charge in [0.25, 0.3) is 0 Å². The average molecular weight is 267 g/mol. The van der Waals surface area contributed by atoms with Crippen molar-refractivity contribution in [3.8, 4) is 0 Å². The molecule has 0 saturated carbocycles. The first-order chi connectivity index (χ1) is 8.42. The molecule has 1 fully saturated rings. The molecule has 5 nitrogen and oxygen atoms in total. The highest BCUT2D eigenvalue weighted by atomic mass is 32.2. The molecule has 2 N–H and O–H groups in total. The molecule has 100 valence electrons. The van der Waals surface area contributed by atoms with Gasteiger partial charge >= 0.3 is 0 Å². The van der Waals surface area contributed by atoms with Crippen LogP contribution in [0.1, 0.15) is 13.8 Å². The summed E-state index contributed by atoms with van der Waals surface area (Å²) in [6.07, 6.45) is 1.96. The molecule has 0 aromatic carbocycles. The zero-order chi connectivity index (χ0) is 13.3. The number of thioether (sulfide) groups is 1. The molecular formula is C12H21N5S. The van der Waals surface area contributed by atoms with Crippen molar-refractivity contribution in [2.45, 2.75) is 24.5 Å². The summed E-state index contributed by atoms with van der Waals surface area (Å²) in [6, 6.07) is 1.86. The summed E-state index contributed by atoms with van der Waals surface area (Å²) in [4.78, 5) is 13.4. The van der Waals surface area contributed by atoms with Gasteiger partial charge in [-0.15, -0.1) is 0 Å². The summed E-state index contributed by atoms with van der Waals surface area (Å²) in [7, 11) is 2.17. The van der Waals surface area contributed by atoms with Crippen LogP contribution in [0, 0.1) is 0 Å². The second-order valence-electron chi connectivity index (χ2n) is 5.29. The number of hydrogen-bond acceptors (Lipinski definition) is 6. The Kier molecular flexibility index (Phi) is 3.68. The third-order valence-corrected chi connectivity index (χ3v) is 4.08. The SMILES string of the molecule is CSc1nc(N)cc(N2CCN(C)C(C)(C)C2)n1. The Morgan fingerprint density at radius 3 is 2.67 bits per heavy atom. The third kappa shape index (κ3) is 2.70. The second-order valence-corrected chi connectivity index (χ2v) is 6.07. The van der Waals surface area contributed by atoms with E-state index in [1.807, 2.05) is 12.3 Å². The highest BCUT2D eigenvalue weighted by molar-refractivity contribution is 7.98. The van der Waals surface area contributed by atoms with Gasteiger partial charge in [0.05, 0.1) is 0 Å². The molecule has 2 heterocycles. The molecule has 0 unspecified atom stereocenters. The predicted molar refractivity (Wildman–Crippen MR) is 77.1 cm³/mol. The Bertz CT molecular complexity index is 434. The molecule has 1 saturated heterocycles. The molecule has 1 aromatic rings. The van der Waals surface area contributed by atoms with Crippen LogP contribution in [0.4, 0.5) is 11.6 Å². The van der Waals surface area contributed by atoms with Crippen LogP contribution < -0.4 is 10.6 Å². The number of anilines is 2. The Morgan fingerprint density at radius 2 is 2.06 bits per heavy atom. The molecule has 0 atom stereocenters. The number of aromatic nitrogens is 2. The Hall–Kier alpha value is -1.01. The van der Waals surface area contributed by atoms with Gasteiger partial charge in [-0.2, -0.15) is 0 Å². The third-order valence-electron chi connectivity index (χ3n) is 3.53. The number of nitrogen functional groups attached to an aromatic ring is 1. The minimum absolute atomic E-state index is 0.150. The van der Waals surface area contributed by atoms with Gasteiger partial charge in [0.1, 0.15) is 11.6 Å². The fourth-order valence-electron chi connectivity index (χ4n) is 2.12. The van der Waals surface area contributed by atoms with Crippen LogP contribution in [0.5, 0.6) is 0 Å². The summed E-state index contributed by atoms with van der Waals surface area (Å²) < 4.78 is 0. The van der Waals surface area contributed by atoms with Gasteiger partial charge in [-0.1, -0.05) is 11.8 Å². The maximum atomic E-state index is 5.84. The van der Waals surface area contributed by atoms with E-state index in [0.29, 0.717) is 5.82 Å². The van der Waals surface area contributed by atoms with Crippen molar-refractivity contribution < 1.29 is 0 Å². The second kappa shape index (κ2) is 4.93. The first kappa shape index (κ1) is 13.4. The van der Waals surface area contributed by atoms with E-state index in [-0.39, 0.29) is 5.54 Å². The number of piperazine rings is 1. The summed E-state index contributed by atoms with van der Waals surface area (Å²) in [5.41, 5.74) is 5.99. The van der Waals surface area contributed by atoms with Crippen molar-refractivity contribution in [1.29, 1.82) is 0 Å². The molecule has 1 aromatic heterocycles. The maximum absolute atomic E-state index is 5.84. The van der Waals surface area contributed by atoms with Gasteiger partial charge in [0.15, 0.2) is 5.16 Å². The standard InChI is InChI=1S/C12H21N5S/c1-12(2)8-17(6-5-16(12)3)10-7-9(13)14-11(15-10)18-4/h7H,5-6,8H2,1-4H3,(H2,13,14,15). The Morgan fingerprint density at radius 1 is 1.33 bits per heavy atom. The lowest BCUT2D eigenvalue weighted by molar-refractivity contribution is 0.138. The van der Waals surface area contributed by atoms with Crippen LogP contribution in [0.25, 0.3) is 0 Å². The molecule has 0 amide bonds. The van der Waals surface area contributed by atoms with Crippen LogP contribution in [0.3, 0.4) is 0 Å². The van der Waals surface area contributed by atoms with Gasteiger partial charge in [0, 0.05) is 31.2 Å². The highest BCUT2D eigenvalue weighted by Gasteiger charge is 2.31. The van der Waals surface area contributed by atoms with E-state index in [2.05, 4.69) is 40.7 Å². The van der Waals surface area contributed by atoms with Crippen LogP contribution in [-0.2, 0) is 0 Å². The fraction of sp³-hybridized carbons (Fsp3) is 0.667. The van der Waals surface area contributed by atoms with E-state index in [0.717, 1.165) is 30.6 Å². The van der Waals surface area contributed by atoms with Crippen molar-refractivity contribution in [1.82, 2.24) is 14.9 Å². The number of nitrogens with zero attached hydrogens (tertiary/aromatic N) is 4. The number of rotatable bonds is 2. The largest absolute Gasteiger partial charge is 0.383 e. The van der Waals surface area contributed by atoms with E-state index in [1.165, 1.54) is 11.8 Å². The number of likely N-dealkylation sites (N-methyl/N-ethyl adjacent to an activating group) is 1. The normalized spacial score (nSPS) is 20.1. The van der Waals surface area contributed by atoms with Crippen molar-refractivity contribution in [2.75, 3.05) is 43.6 Å². The lowest BCUT2D eigenvalue weighted by Crippen LogP contribution is -2.57. The van der Waals surface area contributed by atoms with Gasteiger partial charge < -0.3 is 10.6 Å². The average Bonchev–Trinajstić information content (AvgIpc) is 2.31. The summed E-state index contributed by atoms with van der Waals surface area (Å²) in [6.45, 7) is 7.46. The topological polar surface area (TPSA) is 58.3 Å². The van der Waals surface area contributed by atoms with Crippen LogP contribution >= 0.6 is 11.8 Å². The lowest BCUT2D eigenvalue weighted by atomic mass is 10.00. The first-order valence-corrected chi connectivity index (χ1v) is 7.29. The maximum Gasteiger partial charge on any atom is 0.191 e. The molecule has 1 aliphatic heterocycles. The predicted octanol–water partition coefficient (Wildman–Crippen LogP) is 1.31. The molecule has 0 aliphatic carbocycles. The molecule has 18 heavy (non-hydrogen) atoms. The zero-order valence-corrected chi connectivity index (χ0v) is 12.3. The number of hydrogen-bond donors (Lipinski definition) is 1. The molecule has 6 heteroatoms. The van der Waals surface area contributed by atoms with Gasteiger partial charge in [-0.25, -0.2) is 9.97 Å². The van der Waals surface area contributed by atoms with E-state index >= 15 is 0 Å². The zero-order valence-electron chi connectivity index (χ0n) is 11.5. The van der Waals surface area contributed by atoms with E-state index in [4.69, 9.17) is 5.73 Å². The number of nitrogens with two attached hydrogens (primary N) is 1. The Balaban J connectivity index is 2.24. The smallest absolute Gasteiger partial charge is 0.191 e. The van der Waals surface area contributed by atoms with Gasteiger partial charge in [-0.3, -0.25) is 4.90 Å². The molecule has 1 aliphatic rings. The quantitative estimate of drug-likeness (QED) is 0.644. The van der Waals surface area contributed by atoms with Crippen molar-refractivity contribution >= 4 is 23.4 Å². The van der Waals surface area contributed by atoms with E-state index in [9.17, 15) is 0 Å². The molecule has 0 radical (unpaired) electrons. The van der Waals surface area contributed by atoms with Crippen LogP contribution in [0.2, 0.25) is 0 Å². The van der Waals surface area contributed by atoms with Crippen LogP contribution in [0.15, 0.2) is 11.2 Å². The molecular weight excluding hydrogens is 246 g/mol. The lowest BCUT2D eigenvalue weighted by Gasteiger charge is -2.45. The van der Waals surface area contributed by atoms with Crippen LogP contribution in [-0.4, -0.2) is 53.3 Å². The minimum atomic E-state index is 0.150. The summed E-state index contributed by atoms with van der Waals surface area (Å²) in [5, 5.41) is 0.738. The first-order valence-electron chi connectivity index (χ1n) is 6.07. The molecule has 2 rings (SSSR count). The van der Waals surface area contributed by atoms with Gasteiger partial charge in [-0.05, 0) is 27.2 Å². The highest BCUT2D eigenvalue weighted by Crippen LogP contribution is 2.25.